The molecule has 1 unspecified atom stereocenters. The number of carbonyl (C=O) groups is 2. The summed E-state index contributed by atoms with van der Waals surface area (Å²) in [5.74, 6) is 0.0797. The molecule has 1 fully saturated rings. The predicted molar refractivity (Wildman–Crippen MR) is 70.4 cm³/mol. The largest absolute Gasteiger partial charge is 0.444 e. The van der Waals surface area contributed by atoms with Gasteiger partial charge in [0.25, 0.3) is 0 Å². The molecule has 1 atom stereocenters. The van der Waals surface area contributed by atoms with Gasteiger partial charge < -0.3 is 9.64 Å². The molecular formula is C14H23NO3. The van der Waals surface area contributed by atoms with Crippen molar-refractivity contribution in [2.75, 3.05) is 13.1 Å². The van der Waals surface area contributed by atoms with Crippen LogP contribution in [0.2, 0.25) is 0 Å². The number of hydrogen-bond acceptors (Lipinski definition) is 3. The average Bonchev–Trinajstić information content (AvgIpc) is 2.60. The summed E-state index contributed by atoms with van der Waals surface area (Å²) in [7, 11) is 0. The van der Waals surface area contributed by atoms with Gasteiger partial charge in [-0.05, 0) is 40.2 Å². The van der Waals surface area contributed by atoms with Crippen molar-refractivity contribution in [2.24, 2.45) is 5.41 Å². The molecule has 18 heavy (non-hydrogen) atoms. The lowest BCUT2D eigenvalue weighted by molar-refractivity contribution is -0.122. The van der Waals surface area contributed by atoms with Crippen LogP contribution in [0, 0.1) is 5.41 Å². The molecule has 0 aliphatic carbocycles. The van der Waals surface area contributed by atoms with Crippen LogP contribution in [0.15, 0.2) is 12.2 Å². The first kappa shape index (κ1) is 14.7. The fraction of sp³-hybridized carbons (Fsp3) is 0.714. The first-order valence-corrected chi connectivity index (χ1v) is 6.33. The molecule has 1 saturated heterocycles. The second kappa shape index (κ2) is 5.12. The Hall–Kier alpha value is -1.32. The van der Waals surface area contributed by atoms with Crippen LogP contribution >= 0.6 is 0 Å². The van der Waals surface area contributed by atoms with Crippen LogP contribution < -0.4 is 0 Å². The maximum Gasteiger partial charge on any atom is 0.410 e. The van der Waals surface area contributed by atoms with Gasteiger partial charge in [-0.3, -0.25) is 4.79 Å². The topological polar surface area (TPSA) is 46.6 Å². The number of carbonyl (C=O) groups excluding carboxylic acids is 2. The minimum atomic E-state index is -0.497. The third-order valence-electron chi connectivity index (χ3n) is 3.04. The number of likely N-dealkylation sites (tertiary alicyclic amines) is 1. The van der Waals surface area contributed by atoms with E-state index in [1.54, 1.807) is 17.1 Å². The third-order valence-corrected chi connectivity index (χ3v) is 3.04. The number of allylic oxidation sites excluding steroid dienone is 2. The minimum absolute atomic E-state index is 0.0797. The first-order valence-electron chi connectivity index (χ1n) is 6.33. The molecular weight excluding hydrogens is 230 g/mol. The van der Waals surface area contributed by atoms with Crippen LogP contribution in [-0.2, 0) is 9.53 Å². The summed E-state index contributed by atoms with van der Waals surface area (Å²) in [6, 6.07) is 0. The summed E-state index contributed by atoms with van der Waals surface area (Å²) in [6.07, 6.45) is 3.68. The fourth-order valence-electron chi connectivity index (χ4n) is 2.00. The Kier molecular flexibility index (Phi) is 4.20. The summed E-state index contributed by atoms with van der Waals surface area (Å²) in [6.45, 7) is 10.3. The second-order valence-electron chi connectivity index (χ2n) is 6.08. The van der Waals surface area contributed by atoms with Gasteiger partial charge in [0, 0.05) is 18.5 Å². The highest BCUT2D eigenvalue weighted by atomic mass is 16.6. The van der Waals surface area contributed by atoms with Gasteiger partial charge in [0.2, 0.25) is 0 Å². The molecule has 102 valence electrons. The summed E-state index contributed by atoms with van der Waals surface area (Å²) < 4.78 is 5.31. The van der Waals surface area contributed by atoms with Crippen LogP contribution in [0.5, 0.6) is 0 Å². The number of nitrogens with zero attached hydrogens (tertiary/aromatic N) is 1. The van der Waals surface area contributed by atoms with Crippen LogP contribution in [-0.4, -0.2) is 35.5 Å². The molecule has 4 nitrogen and oxygen atoms in total. The SMILES string of the molecule is C/C=C/C(=O)C1(C)CCN(C(=O)OC(C)(C)C)C1. The Balaban J connectivity index is 2.66. The van der Waals surface area contributed by atoms with Gasteiger partial charge in [0.1, 0.15) is 5.60 Å². The zero-order chi connectivity index (χ0) is 14.0. The predicted octanol–water partition coefficient (Wildman–Crippen LogP) is 2.78. The van der Waals surface area contributed by atoms with Gasteiger partial charge in [0.15, 0.2) is 5.78 Å². The maximum atomic E-state index is 12.0. The Bertz CT molecular complexity index is 368. The molecule has 1 heterocycles. The van der Waals surface area contributed by atoms with Crippen molar-refractivity contribution in [3.63, 3.8) is 0 Å². The maximum absolute atomic E-state index is 12.0. The van der Waals surface area contributed by atoms with E-state index >= 15 is 0 Å². The normalized spacial score (nSPS) is 24.6. The summed E-state index contributed by atoms with van der Waals surface area (Å²) in [4.78, 5) is 25.5. The third kappa shape index (κ3) is 3.59. The van der Waals surface area contributed by atoms with Crippen LogP contribution in [0.3, 0.4) is 0 Å². The Morgan fingerprint density at radius 2 is 1.94 bits per heavy atom. The standard InChI is InChI=1S/C14H23NO3/c1-6-7-11(16)14(5)8-9-15(10-14)12(17)18-13(2,3)4/h6-7H,8-10H2,1-5H3/b7-6+. The van der Waals surface area contributed by atoms with Gasteiger partial charge in [-0.25, -0.2) is 4.79 Å². The van der Waals surface area contributed by atoms with Crippen molar-refractivity contribution in [1.29, 1.82) is 0 Å². The molecule has 0 radical (unpaired) electrons. The number of amides is 1. The fourth-order valence-corrected chi connectivity index (χ4v) is 2.00. The molecule has 0 aromatic carbocycles. The van der Waals surface area contributed by atoms with Crippen molar-refractivity contribution in [3.05, 3.63) is 12.2 Å². The zero-order valence-electron chi connectivity index (χ0n) is 11.9. The number of rotatable bonds is 2. The number of hydrogen-bond donors (Lipinski definition) is 0. The van der Waals surface area contributed by atoms with Crippen LogP contribution in [0.25, 0.3) is 0 Å². The smallest absolute Gasteiger partial charge is 0.410 e. The lowest BCUT2D eigenvalue weighted by Crippen LogP contribution is -2.38. The summed E-state index contributed by atoms with van der Waals surface area (Å²) in [5.41, 5.74) is -0.965. The highest BCUT2D eigenvalue weighted by molar-refractivity contribution is 5.95. The lowest BCUT2D eigenvalue weighted by Gasteiger charge is -2.26. The highest BCUT2D eigenvalue weighted by Gasteiger charge is 2.41. The molecule has 1 aliphatic heterocycles. The van der Waals surface area contributed by atoms with Gasteiger partial charge in [-0.1, -0.05) is 13.0 Å². The lowest BCUT2D eigenvalue weighted by atomic mass is 9.85. The van der Waals surface area contributed by atoms with Crippen molar-refractivity contribution in [3.8, 4) is 0 Å². The Morgan fingerprint density at radius 1 is 1.33 bits per heavy atom. The van der Waals surface area contributed by atoms with E-state index in [2.05, 4.69) is 0 Å². The zero-order valence-corrected chi connectivity index (χ0v) is 11.9. The van der Waals surface area contributed by atoms with Crippen LogP contribution in [0.4, 0.5) is 4.79 Å². The minimum Gasteiger partial charge on any atom is -0.444 e. The van der Waals surface area contributed by atoms with E-state index in [0.717, 1.165) is 0 Å². The molecule has 0 aromatic rings. The van der Waals surface area contributed by atoms with Crippen molar-refractivity contribution < 1.29 is 14.3 Å². The number of ketones is 1. The summed E-state index contributed by atoms with van der Waals surface area (Å²) >= 11 is 0. The molecule has 0 bridgehead atoms. The Morgan fingerprint density at radius 3 is 2.44 bits per heavy atom. The van der Waals surface area contributed by atoms with E-state index in [1.807, 2.05) is 34.6 Å². The van der Waals surface area contributed by atoms with Gasteiger partial charge in [0.05, 0.1) is 0 Å². The molecule has 0 aromatic heterocycles. The molecule has 0 N–H and O–H groups in total. The van der Waals surface area contributed by atoms with E-state index in [0.29, 0.717) is 19.5 Å². The average molecular weight is 253 g/mol. The molecule has 1 amide bonds. The van der Waals surface area contributed by atoms with Gasteiger partial charge >= 0.3 is 6.09 Å². The van der Waals surface area contributed by atoms with E-state index in [1.165, 1.54) is 0 Å². The molecule has 1 rings (SSSR count). The second-order valence-corrected chi connectivity index (χ2v) is 6.08. The van der Waals surface area contributed by atoms with E-state index < -0.39 is 11.0 Å². The van der Waals surface area contributed by atoms with Crippen molar-refractivity contribution >= 4 is 11.9 Å². The van der Waals surface area contributed by atoms with E-state index in [4.69, 9.17) is 4.74 Å². The summed E-state index contributed by atoms with van der Waals surface area (Å²) in [5, 5.41) is 0. The van der Waals surface area contributed by atoms with Crippen molar-refractivity contribution in [2.45, 2.75) is 46.6 Å². The van der Waals surface area contributed by atoms with E-state index in [-0.39, 0.29) is 11.9 Å². The first-order chi connectivity index (χ1) is 8.18. The molecule has 0 spiro atoms. The quantitative estimate of drug-likeness (QED) is 0.711. The van der Waals surface area contributed by atoms with Gasteiger partial charge in [-0.15, -0.1) is 0 Å². The molecule has 4 heteroatoms. The molecule has 1 aliphatic rings. The van der Waals surface area contributed by atoms with E-state index in [9.17, 15) is 9.59 Å². The monoisotopic (exact) mass is 253 g/mol. The van der Waals surface area contributed by atoms with Crippen LogP contribution in [0.1, 0.15) is 41.0 Å². The number of ether oxygens (including phenoxy) is 1. The Labute approximate surface area is 109 Å². The molecule has 0 saturated carbocycles. The highest BCUT2D eigenvalue weighted by Crippen LogP contribution is 2.32. The van der Waals surface area contributed by atoms with Crippen molar-refractivity contribution in [1.82, 2.24) is 4.90 Å². The van der Waals surface area contributed by atoms with Gasteiger partial charge in [-0.2, -0.15) is 0 Å².